The summed E-state index contributed by atoms with van der Waals surface area (Å²) in [5.41, 5.74) is 1.95. The van der Waals surface area contributed by atoms with E-state index in [2.05, 4.69) is 10.3 Å². The van der Waals surface area contributed by atoms with E-state index in [-0.39, 0.29) is 0 Å². The van der Waals surface area contributed by atoms with Crippen molar-refractivity contribution in [1.29, 1.82) is 0 Å². The molecule has 0 radical (unpaired) electrons. The highest BCUT2D eigenvalue weighted by Gasteiger charge is 2.22. The summed E-state index contributed by atoms with van der Waals surface area (Å²) in [6.07, 6.45) is 5.15. The van der Waals surface area contributed by atoms with Crippen LogP contribution >= 0.6 is 7.60 Å². The summed E-state index contributed by atoms with van der Waals surface area (Å²) in [6.45, 7) is 5.30. The predicted octanol–water partition coefficient (Wildman–Crippen LogP) is 4.38. The molecule has 0 amide bonds. The minimum atomic E-state index is -2.90. The molecule has 1 heterocycles. The average molecular weight is 351 g/mol. The summed E-state index contributed by atoms with van der Waals surface area (Å²) in [5.74, 6) is 0. The first-order chi connectivity index (χ1) is 11.7. The quantitative estimate of drug-likeness (QED) is 0.444. The van der Waals surface area contributed by atoms with Gasteiger partial charge >= 0.3 is 7.60 Å². The Labute approximate surface area is 143 Å². The Hall–Kier alpha value is -1.49. The average Bonchev–Trinajstić information content (AvgIpc) is 3.05. The lowest BCUT2D eigenvalue weighted by molar-refractivity contribution is 0.219. The maximum atomic E-state index is 12.3. The Morgan fingerprint density at radius 2 is 1.75 bits per heavy atom. The van der Waals surface area contributed by atoms with Crippen LogP contribution in [0.2, 0.25) is 0 Å². The fourth-order valence-electron chi connectivity index (χ4n) is 2.46. The van der Waals surface area contributed by atoms with Crippen molar-refractivity contribution in [3.8, 4) is 11.3 Å². The van der Waals surface area contributed by atoms with Crippen LogP contribution in [0.1, 0.15) is 33.1 Å². The van der Waals surface area contributed by atoms with Crippen molar-refractivity contribution in [3.05, 3.63) is 36.5 Å². The van der Waals surface area contributed by atoms with E-state index in [1.165, 1.54) is 0 Å². The molecule has 0 unspecified atom stereocenters. The lowest BCUT2D eigenvalue weighted by atomic mass is 10.2. The number of nitrogens with zero attached hydrogens (tertiary/aromatic N) is 3. The minimum absolute atomic E-state index is 0.415. The van der Waals surface area contributed by atoms with Crippen LogP contribution in [0, 0.1) is 0 Å². The molecule has 6 nitrogen and oxygen atoms in total. The summed E-state index contributed by atoms with van der Waals surface area (Å²) >= 11 is 0. The van der Waals surface area contributed by atoms with Gasteiger partial charge in [-0.15, -0.1) is 5.10 Å². The molecule has 0 saturated heterocycles. The fraction of sp³-hybridized carbons (Fsp3) is 0.529. The van der Waals surface area contributed by atoms with E-state index in [0.29, 0.717) is 19.4 Å². The van der Waals surface area contributed by atoms with Crippen LogP contribution in [0.15, 0.2) is 36.5 Å². The van der Waals surface area contributed by atoms with Gasteiger partial charge in [0.1, 0.15) is 5.69 Å². The van der Waals surface area contributed by atoms with Crippen molar-refractivity contribution in [2.45, 2.75) is 39.7 Å². The lowest BCUT2D eigenvalue weighted by Gasteiger charge is -2.16. The zero-order chi connectivity index (χ0) is 17.3. The molecule has 0 fully saturated rings. The lowest BCUT2D eigenvalue weighted by Crippen LogP contribution is -2.02. The molecule has 24 heavy (non-hydrogen) atoms. The summed E-state index contributed by atoms with van der Waals surface area (Å²) in [7, 11) is -2.90. The van der Waals surface area contributed by atoms with Crippen LogP contribution in [-0.2, 0) is 20.2 Å². The number of benzene rings is 1. The van der Waals surface area contributed by atoms with Crippen molar-refractivity contribution < 1.29 is 13.6 Å². The third-order valence-electron chi connectivity index (χ3n) is 3.58. The Balaban J connectivity index is 1.73. The smallest absolute Gasteiger partial charge is 0.309 e. The van der Waals surface area contributed by atoms with Gasteiger partial charge in [0.05, 0.1) is 25.6 Å². The molecular weight excluding hydrogens is 325 g/mol. The molecular formula is C17H26N3O3P. The molecule has 0 aliphatic heterocycles. The summed E-state index contributed by atoms with van der Waals surface area (Å²) in [6, 6.07) is 10.0. The first-order valence-corrected chi connectivity index (χ1v) is 10.2. The Kier molecular flexibility index (Phi) is 7.63. The highest BCUT2D eigenvalue weighted by atomic mass is 31.2. The largest absolute Gasteiger partial charge is 0.330 e. The number of rotatable bonds is 11. The number of aromatic nitrogens is 3. The molecule has 0 atom stereocenters. The number of aryl methyl sites for hydroxylation is 1. The molecule has 2 rings (SSSR count). The van der Waals surface area contributed by atoms with Gasteiger partial charge in [0.25, 0.3) is 0 Å². The van der Waals surface area contributed by atoms with Gasteiger partial charge in [0.2, 0.25) is 0 Å². The third kappa shape index (κ3) is 5.86. The zero-order valence-electron chi connectivity index (χ0n) is 14.4. The summed E-state index contributed by atoms with van der Waals surface area (Å²) in [5, 5.41) is 8.36. The van der Waals surface area contributed by atoms with E-state index in [0.717, 1.165) is 37.1 Å². The van der Waals surface area contributed by atoms with E-state index in [1.54, 1.807) is 0 Å². The van der Waals surface area contributed by atoms with Crippen molar-refractivity contribution in [2.75, 3.05) is 19.4 Å². The van der Waals surface area contributed by atoms with Crippen LogP contribution in [0.3, 0.4) is 0 Å². The number of unbranched alkanes of at least 4 members (excludes halogenated alkanes) is 2. The molecule has 132 valence electrons. The zero-order valence-corrected chi connectivity index (χ0v) is 15.3. The molecule has 1 aromatic heterocycles. The van der Waals surface area contributed by atoms with Gasteiger partial charge in [0, 0.05) is 12.1 Å². The second-order valence-electron chi connectivity index (χ2n) is 5.46. The SMILES string of the molecule is CCOP(=O)(CCCCCn1cc(-c2ccccc2)nn1)OCC. The van der Waals surface area contributed by atoms with Crippen LogP contribution in [0.25, 0.3) is 11.3 Å². The van der Waals surface area contributed by atoms with Gasteiger partial charge in [-0.1, -0.05) is 42.0 Å². The standard InChI is InChI=1S/C17H26N3O3P/c1-3-22-24(21,23-4-2)14-10-6-9-13-20-15-17(18-19-20)16-11-7-5-8-12-16/h5,7-8,11-12,15H,3-4,6,9-10,13-14H2,1-2H3. The first kappa shape index (κ1) is 18.8. The monoisotopic (exact) mass is 351 g/mol. The second kappa shape index (κ2) is 9.72. The van der Waals surface area contributed by atoms with Gasteiger partial charge in [0.15, 0.2) is 0 Å². The molecule has 0 saturated carbocycles. The van der Waals surface area contributed by atoms with E-state index in [9.17, 15) is 4.57 Å². The van der Waals surface area contributed by atoms with Gasteiger partial charge < -0.3 is 9.05 Å². The van der Waals surface area contributed by atoms with Crippen molar-refractivity contribution in [1.82, 2.24) is 15.0 Å². The molecule has 0 aliphatic rings. The predicted molar refractivity (Wildman–Crippen MR) is 95.0 cm³/mol. The van der Waals surface area contributed by atoms with E-state index in [1.807, 2.05) is 55.1 Å². The summed E-state index contributed by atoms with van der Waals surface area (Å²) in [4.78, 5) is 0. The highest BCUT2D eigenvalue weighted by Crippen LogP contribution is 2.48. The van der Waals surface area contributed by atoms with Gasteiger partial charge in [-0.3, -0.25) is 9.25 Å². The highest BCUT2D eigenvalue weighted by molar-refractivity contribution is 7.53. The molecule has 0 bridgehead atoms. The van der Waals surface area contributed by atoms with Crippen molar-refractivity contribution in [3.63, 3.8) is 0 Å². The number of hydrogen-bond donors (Lipinski definition) is 0. The molecule has 2 aromatic rings. The van der Waals surface area contributed by atoms with Gasteiger partial charge in [-0.2, -0.15) is 0 Å². The first-order valence-electron chi connectivity index (χ1n) is 8.50. The van der Waals surface area contributed by atoms with Crippen LogP contribution in [0.4, 0.5) is 0 Å². The second-order valence-corrected chi connectivity index (χ2v) is 7.65. The van der Waals surface area contributed by atoms with Crippen molar-refractivity contribution in [2.24, 2.45) is 0 Å². The van der Waals surface area contributed by atoms with Gasteiger partial charge in [-0.05, 0) is 26.7 Å². The Morgan fingerprint density at radius 3 is 2.42 bits per heavy atom. The molecule has 7 heteroatoms. The fourth-order valence-corrected chi connectivity index (χ4v) is 4.20. The van der Waals surface area contributed by atoms with E-state index in [4.69, 9.17) is 9.05 Å². The molecule has 0 aliphatic carbocycles. The normalized spacial score (nSPS) is 11.8. The summed E-state index contributed by atoms with van der Waals surface area (Å²) < 4.78 is 24.8. The van der Waals surface area contributed by atoms with Crippen molar-refractivity contribution >= 4 is 7.60 Å². The van der Waals surface area contributed by atoms with Crippen LogP contribution in [0.5, 0.6) is 0 Å². The maximum absolute atomic E-state index is 12.3. The molecule has 0 spiro atoms. The van der Waals surface area contributed by atoms with E-state index < -0.39 is 7.60 Å². The van der Waals surface area contributed by atoms with Gasteiger partial charge in [-0.25, -0.2) is 0 Å². The Morgan fingerprint density at radius 1 is 1.04 bits per heavy atom. The third-order valence-corrected chi connectivity index (χ3v) is 5.75. The van der Waals surface area contributed by atoms with Crippen LogP contribution in [-0.4, -0.2) is 34.4 Å². The Bertz CT molecular complexity index is 636. The van der Waals surface area contributed by atoms with E-state index >= 15 is 0 Å². The topological polar surface area (TPSA) is 66.2 Å². The molecule has 1 aromatic carbocycles. The number of hydrogen-bond acceptors (Lipinski definition) is 5. The molecule has 0 N–H and O–H groups in total. The van der Waals surface area contributed by atoms with Crippen LogP contribution < -0.4 is 0 Å². The minimum Gasteiger partial charge on any atom is -0.309 e. The maximum Gasteiger partial charge on any atom is 0.330 e.